The molecule has 0 saturated heterocycles. The van der Waals surface area contributed by atoms with Crippen molar-refractivity contribution in [1.29, 1.82) is 0 Å². The minimum absolute atomic E-state index is 0.0343. The Labute approximate surface area is 104 Å². The van der Waals surface area contributed by atoms with Gasteiger partial charge in [-0.1, -0.05) is 18.2 Å². The summed E-state index contributed by atoms with van der Waals surface area (Å²) in [7, 11) is 1.79. The molecule has 3 rings (SSSR count). The Morgan fingerprint density at radius 1 is 1.22 bits per heavy atom. The highest BCUT2D eigenvalue weighted by Gasteiger charge is 2.12. The summed E-state index contributed by atoms with van der Waals surface area (Å²) < 4.78 is 3.39. The van der Waals surface area contributed by atoms with Crippen LogP contribution in [-0.4, -0.2) is 15.3 Å². The first-order valence-electron chi connectivity index (χ1n) is 5.83. The van der Waals surface area contributed by atoms with Crippen molar-refractivity contribution in [3.8, 4) is 0 Å². The van der Waals surface area contributed by atoms with E-state index in [2.05, 4.69) is 4.99 Å². The van der Waals surface area contributed by atoms with Crippen molar-refractivity contribution in [3.63, 3.8) is 0 Å². The van der Waals surface area contributed by atoms with Crippen LogP contribution in [0.2, 0.25) is 0 Å². The molecule has 0 bridgehead atoms. The second-order valence-electron chi connectivity index (χ2n) is 4.22. The van der Waals surface area contributed by atoms with E-state index >= 15 is 0 Å². The minimum Gasteiger partial charge on any atom is -0.295 e. The van der Waals surface area contributed by atoms with E-state index in [4.69, 9.17) is 0 Å². The van der Waals surface area contributed by atoms with Gasteiger partial charge < -0.3 is 0 Å². The van der Waals surface area contributed by atoms with Gasteiger partial charge in [-0.2, -0.15) is 0 Å². The summed E-state index contributed by atoms with van der Waals surface area (Å²) >= 11 is 0. The lowest BCUT2D eigenvalue weighted by molar-refractivity contribution is 0.845. The Hall–Kier alpha value is -2.36. The fraction of sp³-hybridized carbons (Fsp3) is 0.143. The molecule has 1 aliphatic rings. The van der Waals surface area contributed by atoms with Crippen molar-refractivity contribution in [3.05, 3.63) is 53.1 Å². The molecule has 1 aromatic carbocycles. The molecule has 18 heavy (non-hydrogen) atoms. The highest BCUT2D eigenvalue weighted by Crippen LogP contribution is 2.19. The Morgan fingerprint density at radius 3 is 2.83 bits per heavy atom. The van der Waals surface area contributed by atoms with Crippen LogP contribution in [-0.2, 0) is 7.05 Å². The van der Waals surface area contributed by atoms with E-state index in [0.29, 0.717) is 6.42 Å². The smallest absolute Gasteiger partial charge is 0.295 e. The maximum atomic E-state index is 12.3. The number of fused-ring (bicyclic) bond motifs is 1. The molecule has 0 spiro atoms. The standard InChI is InChI=1S/C14H13N3O/c1-16-12-7-2-3-8-13(12)17(14(16)18)11-6-4-5-9-15-10-11/h2-5,7-10H,6H2,1H3. The second-order valence-corrected chi connectivity index (χ2v) is 4.22. The highest BCUT2D eigenvalue weighted by atomic mass is 16.1. The number of aromatic nitrogens is 2. The summed E-state index contributed by atoms with van der Waals surface area (Å²) in [5.74, 6) is 0. The average Bonchev–Trinajstić information content (AvgIpc) is 2.61. The monoisotopic (exact) mass is 239 g/mol. The number of aliphatic imine (C=N–C) groups is 1. The van der Waals surface area contributed by atoms with Crippen molar-refractivity contribution >= 4 is 22.9 Å². The third-order valence-electron chi connectivity index (χ3n) is 3.11. The van der Waals surface area contributed by atoms with Crippen LogP contribution in [0.25, 0.3) is 16.7 Å². The van der Waals surface area contributed by atoms with E-state index in [-0.39, 0.29) is 5.69 Å². The molecule has 90 valence electrons. The van der Waals surface area contributed by atoms with E-state index in [0.717, 1.165) is 16.7 Å². The highest BCUT2D eigenvalue weighted by molar-refractivity contribution is 5.81. The summed E-state index contributed by atoms with van der Waals surface area (Å²) in [5, 5.41) is 0. The van der Waals surface area contributed by atoms with Crippen LogP contribution >= 0.6 is 0 Å². The number of hydrogen-bond donors (Lipinski definition) is 0. The van der Waals surface area contributed by atoms with Crippen molar-refractivity contribution in [2.24, 2.45) is 12.0 Å². The fourth-order valence-corrected chi connectivity index (χ4v) is 2.20. The predicted molar refractivity (Wildman–Crippen MR) is 73.7 cm³/mol. The van der Waals surface area contributed by atoms with Crippen LogP contribution in [0.4, 0.5) is 0 Å². The van der Waals surface area contributed by atoms with Gasteiger partial charge in [-0.25, -0.2) is 4.79 Å². The summed E-state index contributed by atoms with van der Waals surface area (Å²) in [5.41, 5.74) is 2.71. The van der Waals surface area contributed by atoms with Gasteiger partial charge in [0, 0.05) is 31.6 Å². The van der Waals surface area contributed by atoms with E-state index in [1.165, 1.54) is 0 Å². The van der Waals surface area contributed by atoms with Gasteiger partial charge in [0.25, 0.3) is 0 Å². The van der Waals surface area contributed by atoms with Gasteiger partial charge in [0.05, 0.1) is 11.0 Å². The van der Waals surface area contributed by atoms with Crippen molar-refractivity contribution < 1.29 is 0 Å². The molecule has 0 unspecified atom stereocenters. The van der Waals surface area contributed by atoms with Crippen molar-refractivity contribution in [1.82, 2.24) is 9.13 Å². The van der Waals surface area contributed by atoms with Crippen LogP contribution in [0.5, 0.6) is 0 Å². The molecular formula is C14H13N3O. The topological polar surface area (TPSA) is 39.3 Å². The van der Waals surface area contributed by atoms with Crippen LogP contribution in [0, 0.1) is 0 Å². The molecule has 0 amide bonds. The lowest BCUT2D eigenvalue weighted by Gasteiger charge is -2.04. The maximum absolute atomic E-state index is 12.3. The Bertz CT molecular complexity index is 744. The number of rotatable bonds is 1. The first-order valence-corrected chi connectivity index (χ1v) is 5.83. The molecule has 2 aromatic rings. The number of aryl methyl sites for hydroxylation is 1. The van der Waals surface area contributed by atoms with Crippen LogP contribution < -0.4 is 5.69 Å². The maximum Gasteiger partial charge on any atom is 0.333 e. The third kappa shape index (κ3) is 1.54. The Balaban J connectivity index is 2.33. The zero-order valence-corrected chi connectivity index (χ0v) is 10.1. The molecule has 1 aliphatic heterocycles. The number of para-hydroxylation sites is 2. The van der Waals surface area contributed by atoms with E-state index in [9.17, 15) is 4.79 Å². The number of imidazole rings is 1. The minimum atomic E-state index is -0.0343. The van der Waals surface area contributed by atoms with Crippen molar-refractivity contribution in [2.45, 2.75) is 6.42 Å². The SMILES string of the molecule is Cn1c(=O)n(C2=CN=CC=CC2)c2ccccc21. The van der Waals surface area contributed by atoms with Gasteiger partial charge >= 0.3 is 5.69 Å². The van der Waals surface area contributed by atoms with Gasteiger partial charge in [-0.15, -0.1) is 0 Å². The molecule has 0 aliphatic carbocycles. The Kier molecular flexibility index (Phi) is 2.48. The number of allylic oxidation sites excluding steroid dienone is 3. The van der Waals surface area contributed by atoms with E-state index in [1.54, 1.807) is 28.6 Å². The normalized spacial score (nSPS) is 14.8. The van der Waals surface area contributed by atoms with Crippen LogP contribution in [0.15, 0.2) is 52.4 Å². The zero-order chi connectivity index (χ0) is 12.5. The van der Waals surface area contributed by atoms with E-state index < -0.39 is 0 Å². The molecule has 4 nitrogen and oxygen atoms in total. The summed E-state index contributed by atoms with van der Waals surface area (Å²) in [4.78, 5) is 16.5. The molecule has 0 fully saturated rings. The summed E-state index contributed by atoms with van der Waals surface area (Å²) in [6.45, 7) is 0. The van der Waals surface area contributed by atoms with Crippen LogP contribution in [0.1, 0.15) is 6.42 Å². The summed E-state index contributed by atoms with van der Waals surface area (Å²) in [6, 6.07) is 7.78. The van der Waals surface area contributed by atoms with Gasteiger partial charge in [0.1, 0.15) is 0 Å². The van der Waals surface area contributed by atoms with Gasteiger partial charge in [0.2, 0.25) is 0 Å². The lowest BCUT2D eigenvalue weighted by atomic mass is 10.2. The summed E-state index contributed by atoms with van der Waals surface area (Å²) in [6.07, 6.45) is 8.06. The largest absolute Gasteiger partial charge is 0.333 e. The van der Waals surface area contributed by atoms with Gasteiger partial charge in [0.15, 0.2) is 0 Å². The number of hydrogen-bond acceptors (Lipinski definition) is 2. The fourth-order valence-electron chi connectivity index (χ4n) is 2.20. The average molecular weight is 239 g/mol. The molecule has 0 N–H and O–H groups in total. The zero-order valence-electron chi connectivity index (χ0n) is 10.1. The first-order chi connectivity index (χ1) is 8.79. The van der Waals surface area contributed by atoms with Gasteiger partial charge in [-0.3, -0.25) is 14.1 Å². The predicted octanol–water partition coefficient (Wildman–Crippen LogP) is 2.17. The quantitative estimate of drug-likeness (QED) is 0.751. The third-order valence-corrected chi connectivity index (χ3v) is 3.11. The van der Waals surface area contributed by atoms with Gasteiger partial charge in [-0.05, 0) is 18.2 Å². The second kappa shape index (κ2) is 4.14. The molecule has 4 heteroatoms. The van der Waals surface area contributed by atoms with Crippen molar-refractivity contribution in [2.75, 3.05) is 0 Å². The van der Waals surface area contributed by atoms with Crippen LogP contribution in [0.3, 0.4) is 0 Å². The molecular weight excluding hydrogens is 226 g/mol. The van der Waals surface area contributed by atoms with E-state index in [1.807, 2.05) is 36.4 Å². The number of benzene rings is 1. The number of nitrogens with zero attached hydrogens (tertiary/aromatic N) is 3. The molecule has 2 heterocycles. The Morgan fingerprint density at radius 2 is 2.00 bits per heavy atom. The molecule has 1 aromatic heterocycles. The lowest BCUT2D eigenvalue weighted by Crippen LogP contribution is -2.21. The first kappa shape index (κ1) is 10.8. The molecule has 0 radical (unpaired) electrons. The molecule has 0 atom stereocenters. The molecule has 0 saturated carbocycles.